The highest BCUT2D eigenvalue weighted by atomic mass is 16.3. The molecule has 2 atom stereocenters. The molecule has 1 rings (SSSR count). The third-order valence-corrected chi connectivity index (χ3v) is 2.58. The third-order valence-electron chi connectivity index (χ3n) is 2.58. The lowest BCUT2D eigenvalue weighted by Gasteiger charge is -2.15. The monoisotopic (exact) mass is 240 g/mol. The zero-order chi connectivity index (χ0) is 12.8. The lowest BCUT2D eigenvalue weighted by atomic mass is 10.1. The Hall–Kier alpha value is -1.30. The van der Waals surface area contributed by atoms with Crippen LogP contribution in [0.25, 0.3) is 0 Å². The molecular weight excluding hydrogens is 220 g/mol. The summed E-state index contributed by atoms with van der Waals surface area (Å²) in [7, 11) is 0. The molecule has 96 valence electrons. The van der Waals surface area contributed by atoms with Gasteiger partial charge < -0.3 is 26.4 Å². The van der Waals surface area contributed by atoms with Gasteiger partial charge in [-0.1, -0.05) is 6.07 Å². The minimum Gasteiger partial charge on any atom is -0.398 e. The number of aryl methyl sites for hydroxylation is 1. The summed E-state index contributed by atoms with van der Waals surface area (Å²) in [6, 6.07) is 5.57. The summed E-state index contributed by atoms with van der Waals surface area (Å²) >= 11 is 0. The molecule has 1 aromatic carbocycles. The first-order chi connectivity index (χ1) is 8.02. The molecule has 5 nitrogen and oxygen atoms in total. The molecule has 1 aromatic rings. The lowest BCUT2D eigenvalue weighted by Crippen LogP contribution is -2.26. The Labute approximate surface area is 101 Å². The number of hydrogen-bond acceptors (Lipinski definition) is 5. The normalized spacial score (nSPS) is 14.4. The Morgan fingerprint density at radius 2 is 2.00 bits per heavy atom. The fraction of sp³-hybridized carbons (Fsp3) is 0.500. The molecule has 0 aliphatic heterocycles. The van der Waals surface area contributed by atoms with Gasteiger partial charge in [-0.15, -0.1) is 0 Å². The standard InChI is InChI=1S/C12H20N2O3/c1-8-2-3-9(4-12(8)13)14-6-10(16)5-11(17)7-15/h2-4,10-11,14-17H,5-7,13H2,1H3. The topological polar surface area (TPSA) is 98.7 Å². The summed E-state index contributed by atoms with van der Waals surface area (Å²) in [5, 5.41) is 30.4. The van der Waals surface area contributed by atoms with E-state index in [0.29, 0.717) is 12.2 Å². The van der Waals surface area contributed by atoms with E-state index >= 15 is 0 Å². The van der Waals surface area contributed by atoms with Crippen molar-refractivity contribution in [1.29, 1.82) is 0 Å². The molecule has 0 amide bonds. The maximum Gasteiger partial charge on any atom is 0.0796 e. The van der Waals surface area contributed by atoms with Gasteiger partial charge in [0.25, 0.3) is 0 Å². The maximum atomic E-state index is 9.57. The number of rotatable bonds is 6. The molecule has 0 saturated heterocycles. The fourth-order valence-electron chi connectivity index (χ4n) is 1.46. The van der Waals surface area contributed by atoms with Gasteiger partial charge in [0.2, 0.25) is 0 Å². The molecule has 6 N–H and O–H groups in total. The van der Waals surface area contributed by atoms with Crippen molar-refractivity contribution in [2.75, 3.05) is 24.2 Å². The van der Waals surface area contributed by atoms with Crippen LogP contribution in [0, 0.1) is 6.92 Å². The van der Waals surface area contributed by atoms with Crippen LogP contribution in [0.1, 0.15) is 12.0 Å². The minimum absolute atomic E-state index is 0.144. The molecule has 0 fully saturated rings. The number of aliphatic hydroxyl groups is 3. The van der Waals surface area contributed by atoms with E-state index in [2.05, 4.69) is 5.32 Å². The van der Waals surface area contributed by atoms with E-state index in [1.807, 2.05) is 19.1 Å². The molecule has 0 bridgehead atoms. The molecule has 0 radical (unpaired) electrons. The van der Waals surface area contributed by atoms with Crippen LogP contribution in [-0.2, 0) is 0 Å². The molecule has 0 aliphatic carbocycles. The first kappa shape index (κ1) is 13.8. The van der Waals surface area contributed by atoms with E-state index in [-0.39, 0.29) is 13.0 Å². The molecule has 5 heteroatoms. The van der Waals surface area contributed by atoms with Crippen molar-refractivity contribution in [2.45, 2.75) is 25.6 Å². The van der Waals surface area contributed by atoms with Crippen LogP contribution in [0.4, 0.5) is 11.4 Å². The first-order valence-corrected chi connectivity index (χ1v) is 5.60. The number of hydrogen-bond donors (Lipinski definition) is 5. The fourth-order valence-corrected chi connectivity index (χ4v) is 1.46. The molecular formula is C12H20N2O3. The van der Waals surface area contributed by atoms with E-state index < -0.39 is 12.2 Å². The first-order valence-electron chi connectivity index (χ1n) is 5.60. The average molecular weight is 240 g/mol. The van der Waals surface area contributed by atoms with Crippen molar-refractivity contribution in [3.05, 3.63) is 23.8 Å². The Balaban J connectivity index is 2.42. The number of anilines is 2. The predicted octanol–water partition coefficient (Wildman–Crippen LogP) is 0.0933. The molecule has 0 aromatic heterocycles. The van der Waals surface area contributed by atoms with Crippen LogP contribution in [0.2, 0.25) is 0 Å². The summed E-state index contributed by atoms with van der Waals surface area (Å²) < 4.78 is 0. The highest BCUT2D eigenvalue weighted by Gasteiger charge is 2.10. The van der Waals surface area contributed by atoms with Crippen LogP contribution >= 0.6 is 0 Å². The zero-order valence-corrected chi connectivity index (χ0v) is 9.93. The van der Waals surface area contributed by atoms with Gasteiger partial charge in [-0.05, 0) is 24.6 Å². The van der Waals surface area contributed by atoms with E-state index in [0.717, 1.165) is 11.3 Å². The van der Waals surface area contributed by atoms with Gasteiger partial charge in [-0.3, -0.25) is 0 Å². The second kappa shape index (κ2) is 6.44. The second-order valence-corrected chi connectivity index (χ2v) is 4.18. The Bertz CT molecular complexity index is 358. The van der Waals surface area contributed by atoms with E-state index in [4.69, 9.17) is 15.9 Å². The van der Waals surface area contributed by atoms with Crippen LogP contribution in [-0.4, -0.2) is 40.7 Å². The van der Waals surface area contributed by atoms with Crippen molar-refractivity contribution in [1.82, 2.24) is 0 Å². The van der Waals surface area contributed by atoms with Crippen LogP contribution in [0.15, 0.2) is 18.2 Å². The number of benzene rings is 1. The van der Waals surface area contributed by atoms with Gasteiger partial charge in [-0.25, -0.2) is 0 Å². The minimum atomic E-state index is -0.880. The summed E-state index contributed by atoms with van der Waals surface area (Å²) in [6.45, 7) is 1.89. The number of aliphatic hydroxyl groups excluding tert-OH is 3. The third kappa shape index (κ3) is 4.60. The quantitative estimate of drug-likeness (QED) is 0.454. The summed E-state index contributed by atoms with van der Waals surface area (Å²) in [5.74, 6) is 0. The Kier molecular flexibility index (Phi) is 5.21. The summed E-state index contributed by atoms with van der Waals surface area (Å²) in [6.07, 6.45) is -1.44. The van der Waals surface area contributed by atoms with Crippen LogP contribution in [0.3, 0.4) is 0 Å². The highest BCUT2D eigenvalue weighted by molar-refractivity contribution is 5.58. The smallest absolute Gasteiger partial charge is 0.0796 e. The molecule has 0 aliphatic rings. The summed E-state index contributed by atoms with van der Waals surface area (Å²) in [4.78, 5) is 0. The number of nitrogen functional groups attached to an aromatic ring is 1. The predicted molar refractivity (Wildman–Crippen MR) is 67.8 cm³/mol. The molecule has 0 heterocycles. The van der Waals surface area contributed by atoms with Crippen LogP contribution in [0.5, 0.6) is 0 Å². The van der Waals surface area contributed by atoms with Crippen molar-refractivity contribution in [2.24, 2.45) is 0 Å². The average Bonchev–Trinajstić information content (AvgIpc) is 2.30. The summed E-state index contributed by atoms with van der Waals surface area (Å²) in [5.41, 5.74) is 8.28. The molecule has 0 saturated carbocycles. The van der Waals surface area contributed by atoms with Crippen molar-refractivity contribution < 1.29 is 15.3 Å². The lowest BCUT2D eigenvalue weighted by molar-refractivity contribution is 0.0460. The number of nitrogens with two attached hydrogens (primary N) is 1. The maximum absolute atomic E-state index is 9.57. The Morgan fingerprint density at radius 1 is 1.29 bits per heavy atom. The van der Waals surface area contributed by atoms with Gasteiger partial charge in [0.15, 0.2) is 0 Å². The van der Waals surface area contributed by atoms with Gasteiger partial charge in [0.1, 0.15) is 0 Å². The number of nitrogens with one attached hydrogen (secondary N) is 1. The van der Waals surface area contributed by atoms with E-state index in [9.17, 15) is 5.11 Å². The molecule has 17 heavy (non-hydrogen) atoms. The van der Waals surface area contributed by atoms with Gasteiger partial charge in [0, 0.05) is 24.3 Å². The van der Waals surface area contributed by atoms with Crippen molar-refractivity contribution in [3.63, 3.8) is 0 Å². The van der Waals surface area contributed by atoms with Gasteiger partial charge >= 0.3 is 0 Å². The van der Waals surface area contributed by atoms with Gasteiger partial charge in [0.05, 0.1) is 18.8 Å². The van der Waals surface area contributed by atoms with Crippen LogP contribution < -0.4 is 11.1 Å². The van der Waals surface area contributed by atoms with E-state index in [1.165, 1.54) is 0 Å². The zero-order valence-electron chi connectivity index (χ0n) is 9.93. The SMILES string of the molecule is Cc1ccc(NCC(O)CC(O)CO)cc1N. The van der Waals surface area contributed by atoms with E-state index in [1.54, 1.807) is 6.07 Å². The highest BCUT2D eigenvalue weighted by Crippen LogP contribution is 2.16. The Morgan fingerprint density at radius 3 is 2.59 bits per heavy atom. The largest absolute Gasteiger partial charge is 0.398 e. The van der Waals surface area contributed by atoms with Gasteiger partial charge in [-0.2, -0.15) is 0 Å². The second-order valence-electron chi connectivity index (χ2n) is 4.18. The van der Waals surface area contributed by atoms with Crippen molar-refractivity contribution >= 4 is 11.4 Å². The molecule has 0 spiro atoms. The molecule has 2 unspecified atom stereocenters. The van der Waals surface area contributed by atoms with Crippen molar-refractivity contribution in [3.8, 4) is 0 Å².